The van der Waals surface area contributed by atoms with Gasteiger partial charge >= 0.3 is 17.9 Å². The van der Waals surface area contributed by atoms with Crippen LogP contribution >= 0.6 is 0 Å². The predicted octanol–water partition coefficient (Wildman–Crippen LogP) is 22.5. The monoisotopic (exact) mass is 1090 g/mol. The van der Waals surface area contributed by atoms with Gasteiger partial charge in [-0.15, -0.1) is 0 Å². The van der Waals surface area contributed by atoms with Crippen molar-refractivity contribution in [2.75, 3.05) is 13.2 Å². The van der Waals surface area contributed by atoms with Crippen LogP contribution in [0.4, 0.5) is 0 Å². The number of unbranched alkanes of at least 4 members (excludes halogenated alkanes) is 25. The van der Waals surface area contributed by atoms with Crippen LogP contribution in [0.3, 0.4) is 0 Å². The SMILES string of the molecule is CC/C=C\C/C=C\C/C=C\C/C=C\C/C=C\C/C=C\C/C=C\C/C=C\C/C=C\C/C=C\CCCCCCC(=O)OCC(COC(=O)CCCCCCCCCC)OC(=O)CCCCCCCCC/C=C\CCCCCCCCC. The van der Waals surface area contributed by atoms with Crippen LogP contribution in [0.2, 0.25) is 0 Å². The molecule has 448 valence electrons. The maximum absolute atomic E-state index is 12.9. The highest BCUT2D eigenvalue weighted by atomic mass is 16.6. The van der Waals surface area contributed by atoms with Crippen LogP contribution in [0.25, 0.3) is 0 Å². The largest absolute Gasteiger partial charge is 0.462 e. The van der Waals surface area contributed by atoms with Crippen molar-refractivity contribution in [3.8, 4) is 0 Å². The molecule has 1 unspecified atom stereocenters. The first-order valence-electron chi connectivity index (χ1n) is 32.7. The Bertz CT molecular complexity index is 1680. The van der Waals surface area contributed by atoms with Crippen molar-refractivity contribution in [3.05, 3.63) is 134 Å². The highest BCUT2D eigenvalue weighted by molar-refractivity contribution is 5.71. The molecule has 6 heteroatoms. The second-order valence-electron chi connectivity index (χ2n) is 21.3. The Balaban J connectivity index is 4.23. The molecule has 0 aromatic rings. The van der Waals surface area contributed by atoms with Gasteiger partial charge in [0.05, 0.1) is 0 Å². The number of carbonyl (C=O) groups is 3. The van der Waals surface area contributed by atoms with Crippen molar-refractivity contribution in [2.45, 2.75) is 297 Å². The molecule has 0 aliphatic rings. The number of allylic oxidation sites excluding steroid dienone is 22. The molecule has 0 fully saturated rings. The molecule has 6 nitrogen and oxygen atoms in total. The maximum Gasteiger partial charge on any atom is 0.306 e. The van der Waals surface area contributed by atoms with E-state index in [2.05, 4.69) is 154 Å². The predicted molar refractivity (Wildman–Crippen MR) is 343 cm³/mol. The summed E-state index contributed by atoms with van der Waals surface area (Å²) in [7, 11) is 0. The molecule has 1 atom stereocenters. The summed E-state index contributed by atoms with van der Waals surface area (Å²) in [5, 5.41) is 0. The number of hydrogen-bond acceptors (Lipinski definition) is 6. The molecule has 0 heterocycles. The third-order valence-corrected chi connectivity index (χ3v) is 13.6. The Kier molecular flexibility index (Phi) is 62.3. The minimum Gasteiger partial charge on any atom is -0.462 e. The fourth-order valence-electron chi connectivity index (χ4n) is 8.76. The lowest BCUT2D eigenvalue weighted by Gasteiger charge is -2.18. The first kappa shape index (κ1) is 74.5. The van der Waals surface area contributed by atoms with Crippen LogP contribution in [0.5, 0.6) is 0 Å². The van der Waals surface area contributed by atoms with Crippen LogP contribution in [-0.4, -0.2) is 37.2 Å². The summed E-state index contributed by atoms with van der Waals surface area (Å²) in [6, 6.07) is 0. The van der Waals surface area contributed by atoms with E-state index < -0.39 is 6.10 Å². The van der Waals surface area contributed by atoms with Gasteiger partial charge in [0.1, 0.15) is 13.2 Å². The quantitative estimate of drug-likeness (QED) is 0.0261. The molecule has 0 spiro atoms. The van der Waals surface area contributed by atoms with E-state index in [9.17, 15) is 14.4 Å². The van der Waals surface area contributed by atoms with Crippen LogP contribution in [0, 0.1) is 0 Å². The Morgan fingerprint density at radius 1 is 0.266 bits per heavy atom. The highest BCUT2D eigenvalue weighted by Gasteiger charge is 2.19. The zero-order valence-electron chi connectivity index (χ0n) is 51.3. The lowest BCUT2D eigenvalue weighted by Crippen LogP contribution is -2.30. The van der Waals surface area contributed by atoms with Crippen molar-refractivity contribution < 1.29 is 28.6 Å². The molecular weight excluding hydrogens is 973 g/mol. The summed E-state index contributed by atoms with van der Waals surface area (Å²) in [5.74, 6) is -0.921. The van der Waals surface area contributed by atoms with Gasteiger partial charge in [-0.1, -0.05) is 283 Å². The Morgan fingerprint density at radius 2 is 0.494 bits per heavy atom. The van der Waals surface area contributed by atoms with E-state index >= 15 is 0 Å². The summed E-state index contributed by atoms with van der Waals surface area (Å²) >= 11 is 0. The number of rotatable bonds is 58. The van der Waals surface area contributed by atoms with Gasteiger partial charge in [-0.2, -0.15) is 0 Å². The van der Waals surface area contributed by atoms with E-state index in [0.717, 1.165) is 135 Å². The minimum atomic E-state index is -0.792. The zero-order chi connectivity index (χ0) is 57.1. The second-order valence-corrected chi connectivity index (χ2v) is 21.3. The number of carbonyl (C=O) groups excluding carboxylic acids is 3. The summed E-state index contributed by atoms with van der Waals surface area (Å²) in [4.78, 5) is 38.1. The summed E-state index contributed by atoms with van der Waals surface area (Å²) in [5.41, 5.74) is 0. The molecular formula is C73H120O6. The molecule has 0 rings (SSSR count). The molecule has 0 radical (unpaired) electrons. The van der Waals surface area contributed by atoms with Crippen molar-refractivity contribution in [1.82, 2.24) is 0 Å². The number of hydrogen-bond donors (Lipinski definition) is 0. The molecule has 79 heavy (non-hydrogen) atoms. The molecule has 0 aliphatic heterocycles. The normalized spacial score (nSPS) is 13.0. The Hall–Kier alpha value is -4.45. The van der Waals surface area contributed by atoms with E-state index in [1.807, 2.05) is 0 Å². The molecule has 0 aliphatic carbocycles. The van der Waals surface area contributed by atoms with Crippen molar-refractivity contribution >= 4 is 17.9 Å². The van der Waals surface area contributed by atoms with Gasteiger partial charge in [-0.05, 0) is 122 Å². The van der Waals surface area contributed by atoms with Crippen molar-refractivity contribution in [2.24, 2.45) is 0 Å². The van der Waals surface area contributed by atoms with Gasteiger partial charge in [0, 0.05) is 19.3 Å². The van der Waals surface area contributed by atoms with Gasteiger partial charge in [-0.3, -0.25) is 14.4 Å². The zero-order valence-corrected chi connectivity index (χ0v) is 51.3. The number of esters is 3. The summed E-state index contributed by atoms with van der Waals surface area (Å²) in [6.45, 7) is 6.48. The Labute approximate surface area is 487 Å². The van der Waals surface area contributed by atoms with E-state index in [-0.39, 0.29) is 31.1 Å². The van der Waals surface area contributed by atoms with Gasteiger partial charge in [0.15, 0.2) is 6.10 Å². The van der Waals surface area contributed by atoms with Gasteiger partial charge in [0.2, 0.25) is 0 Å². The average molecular weight is 1090 g/mol. The minimum absolute atomic E-state index is 0.0886. The van der Waals surface area contributed by atoms with E-state index in [4.69, 9.17) is 14.2 Å². The standard InChI is InChI=1S/C73H120O6/c1-4-7-10-13-16-19-21-23-25-27-29-30-31-32-33-34-35-36-37-38-39-40-41-42-43-44-45-47-48-50-52-54-57-60-63-66-72(75)78-69-70(68-77-71(74)65-62-59-56-18-15-12-9-6-3)79-73(76)67-64-61-58-55-53-51-49-46-28-26-24-22-20-17-14-11-8-5-2/h7,10,16,19,23,25-26,28-30,32-33,35-36,38-39,41-42,44-45,48,50,70H,4-6,8-9,11-15,17-18,20-22,24,27,31,34,37,40,43,46-47,49,51-69H2,1-3H3/b10-7-,19-16-,25-23-,28-26-,30-29-,33-32-,36-35-,39-38-,42-41-,45-44-,50-48-. The van der Waals surface area contributed by atoms with Crippen molar-refractivity contribution in [3.63, 3.8) is 0 Å². The third kappa shape index (κ3) is 64.3. The Morgan fingerprint density at radius 3 is 0.785 bits per heavy atom. The highest BCUT2D eigenvalue weighted by Crippen LogP contribution is 2.15. The molecule has 0 saturated carbocycles. The van der Waals surface area contributed by atoms with Gasteiger partial charge in [0.25, 0.3) is 0 Å². The van der Waals surface area contributed by atoms with Crippen LogP contribution in [0.15, 0.2) is 134 Å². The smallest absolute Gasteiger partial charge is 0.306 e. The van der Waals surface area contributed by atoms with E-state index in [1.54, 1.807) is 0 Å². The lowest BCUT2D eigenvalue weighted by atomic mass is 10.1. The maximum atomic E-state index is 12.9. The molecule has 0 aromatic carbocycles. The molecule has 0 bridgehead atoms. The fourth-order valence-corrected chi connectivity index (χ4v) is 8.76. The van der Waals surface area contributed by atoms with Gasteiger partial charge < -0.3 is 14.2 Å². The van der Waals surface area contributed by atoms with Crippen LogP contribution in [-0.2, 0) is 28.6 Å². The average Bonchev–Trinajstić information content (AvgIpc) is 3.45. The molecule has 0 aromatic heterocycles. The summed E-state index contributed by atoms with van der Waals surface area (Å²) < 4.78 is 16.8. The molecule has 0 amide bonds. The first-order chi connectivity index (χ1) is 39.0. The summed E-state index contributed by atoms with van der Waals surface area (Å²) in [6.07, 6.45) is 93.3. The lowest BCUT2D eigenvalue weighted by molar-refractivity contribution is -0.167. The van der Waals surface area contributed by atoms with E-state index in [0.29, 0.717) is 19.3 Å². The van der Waals surface area contributed by atoms with Gasteiger partial charge in [-0.25, -0.2) is 0 Å². The number of ether oxygens (including phenoxy) is 3. The molecule has 0 saturated heterocycles. The van der Waals surface area contributed by atoms with Crippen LogP contribution in [0.1, 0.15) is 290 Å². The third-order valence-electron chi connectivity index (χ3n) is 13.6. The molecule has 0 N–H and O–H groups in total. The second kappa shape index (κ2) is 66.1. The first-order valence-corrected chi connectivity index (χ1v) is 32.7. The fraction of sp³-hybridized carbons (Fsp3) is 0.658. The topological polar surface area (TPSA) is 78.9 Å². The van der Waals surface area contributed by atoms with Crippen molar-refractivity contribution in [1.29, 1.82) is 0 Å². The van der Waals surface area contributed by atoms with Crippen LogP contribution < -0.4 is 0 Å². The van der Waals surface area contributed by atoms with E-state index in [1.165, 1.54) is 116 Å².